The van der Waals surface area contributed by atoms with Gasteiger partial charge in [-0.2, -0.15) is 0 Å². The molecule has 0 unspecified atom stereocenters. The van der Waals surface area contributed by atoms with Gasteiger partial charge in [0, 0.05) is 35.4 Å². The number of nitrogens with two attached hydrogens (primary N) is 1. The van der Waals surface area contributed by atoms with Crippen LogP contribution in [0.15, 0.2) is 107 Å². The minimum Gasteiger partial charge on any atom is -0.508 e. The van der Waals surface area contributed by atoms with Gasteiger partial charge < -0.3 is 24.8 Å². The molecule has 0 spiro atoms. The number of pyridine rings is 2. The molecule has 2 fully saturated rings. The van der Waals surface area contributed by atoms with Gasteiger partial charge in [-0.3, -0.25) is 4.79 Å². The SMILES string of the molecule is CC1(COc2ccn(-c3ccc(C(=O)NS(=O)(=O)c4ccc(O)cc4)c(Cl)n3)n2)CC1.CC1(COc2ccn(-c3ccc(C(=O)O)c(Cl)n3)n2)CC1.NS(=O)(=O)c1ccc(O)cc1. The Labute approximate surface area is 371 Å². The lowest BCUT2D eigenvalue weighted by atomic mass is 10.2. The summed E-state index contributed by atoms with van der Waals surface area (Å²) in [5.74, 6) is -0.371. The molecule has 0 aliphatic heterocycles. The van der Waals surface area contributed by atoms with Crippen molar-refractivity contribution in [2.45, 2.75) is 49.3 Å². The molecular weight excluding hydrogens is 904 g/mol. The highest BCUT2D eigenvalue weighted by Gasteiger charge is 2.39. The van der Waals surface area contributed by atoms with Crippen molar-refractivity contribution in [1.29, 1.82) is 0 Å². The van der Waals surface area contributed by atoms with Crippen molar-refractivity contribution >= 4 is 55.1 Å². The number of ether oxygens (including phenoxy) is 2. The lowest BCUT2D eigenvalue weighted by molar-refractivity contribution is 0.0696. The minimum absolute atomic E-state index is 0.00435. The summed E-state index contributed by atoms with van der Waals surface area (Å²) in [6.07, 6.45) is 7.98. The number of hydrogen-bond donors (Lipinski definition) is 5. The maximum atomic E-state index is 12.5. The van der Waals surface area contributed by atoms with Crippen LogP contribution >= 0.6 is 23.2 Å². The summed E-state index contributed by atoms with van der Waals surface area (Å²) >= 11 is 12.0. The van der Waals surface area contributed by atoms with E-state index in [1.165, 1.54) is 88.9 Å². The summed E-state index contributed by atoms with van der Waals surface area (Å²) in [6, 6.07) is 19.0. The molecule has 2 aromatic carbocycles. The van der Waals surface area contributed by atoms with Gasteiger partial charge >= 0.3 is 5.97 Å². The first kappa shape index (κ1) is 46.2. The molecule has 0 saturated heterocycles. The first-order valence-electron chi connectivity index (χ1n) is 18.7. The minimum atomic E-state index is -4.14. The highest BCUT2D eigenvalue weighted by molar-refractivity contribution is 7.90. The lowest BCUT2D eigenvalue weighted by Gasteiger charge is -2.09. The molecule has 4 aromatic heterocycles. The third-order valence-electron chi connectivity index (χ3n) is 9.63. The number of halogens is 2. The number of aromatic hydroxyl groups is 2. The van der Waals surface area contributed by atoms with Crippen LogP contribution in [0.5, 0.6) is 23.3 Å². The summed E-state index contributed by atoms with van der Waals surface area (Å²) in [5, 5.41) is 40.1. The Morgan fingerprint density at radius 3 is 1.48 bits per heavy atom. The zero-order valence-corrected chi connectivity index (χ0v) is 36.6. The maximum absolute atomic E-state index is 12.5. The Morgan fingerprint density at radius 1 is 0.683 bits per heavy atom. The molecule has 4 heterocycles. The first-order chi connectivity index (χ1) is 29.6. The maximum Gasteiger partial charge on any atom is 0.338 e. The number of nitrogens with one attached hydrogen (secondary N) is 1. The number of nitrogens with zero attached hydrogens (tertiary/aromatic N) is 6. The number of sulfonamides is 2. The van der Waals surface area contributed by atoms with E-state index in [9.17, 15) is 31.5 Å². The van der Waals surface area contributed by atoms with E-state index in [0.29, 0.717) is 36.6 Å². The zero-order chi connectivity index (χ0) is 45.7. The second kappa shape index (κ2) is 18.6. The predicted octanol–water partition coefficient (Wildman–Crippen LogP) is 5.76. The van der Waals surface area contributed by atoms with E-state index in [-0.39, 0.29) is 53.6 Å². The van der Waals surface area contributed by atoms with Crippen LogP contribution in [0.4, 0.5) is 0 Å². The number of carbonyl (C=O) groups is 2. The van der Waals surface area contributed by atoms with Crippen molar-refractivity contribution < 1.29 is 51.2 Å². The fourth-order valence-corrected chi connectivity index (χ4v) is 7.11. The number of aromatic nitrogens is 6. The number of carboxylic acid groups (broad SMARTS) is 1. The molecule has 23 heteroatoms. The molecule has 2 aliphatic rings. The normalized spacial score (nSPS) is 14.5. The van der Waals surface area contributed by atoms with E-state index in [4.69, 9.17) is 48.0 Å². The van der Waals surface area contributed by atoms with Gasteiger partial charge in [0.15, 0.2) is 11.6 Å². The van der Waals surface area contributed by atoms with Crippen molar-refractivity contribution in [1.82, 2.24) is 34.3 Å². The summed E-state index contributed by atoms with van der Waals surface area (Å²) in [7, 11) is -7.78. The monoisotopic (exact) mass is 942 g/mol. The Kier molecular flexibility index (Phi) is 13.7. The molecule has 2 saturated carbocycles. The predicted molar refractivity (Wildman–Crippen MR) is 228 cm³/mol. The number of benzene rings is 2. The molecule has 0 radical (unpaired) electrons. The van der Waals surface area contributed by atoms with Gasteiger partial charge in [-0.05, 0) is 98.5 Å². The second-order valence-corrected chi connectivity index (χ2v) is 19.1. The molecule has 8 rings (SSSR count). The van der Waals surface area contributed by atoms with E-state index in [2.05, 4.69) is 34.0 Å². The fraction of sp³-hybridized carbons (Fsp3) is 0.250. The third-order valence-corrected chi connectivity index (χ3v) is 12.5. The van der Waals surface area contributed by atoms with Crippen molar-refractivity contribution in [3.8, 4) is 34.9 Å². The highest BCUT2D eigenvalue weighted by atomic mass is 35.5. The lowest BCUT2D eigenvalue weighted by Crippen LogP contribution is -2.31. The highest BCUT2D eigenvalue weighted by Crippen LogP contribution is 2.45. The van der Waals surface area contributed by atoms with Crippen LogP contribution in [0, 0.1) is 10.8 Å². The number of phenolic OH excluding ortho intramolecular Hbond substituents is 2. The largest absolute Gasteiger partial charge is 0.508 e. The smallest absolute Gasteiger partial charge is 0.338 e. The molecule has 6 N–H and O–H groups in total. The van der Waals surface area contributed by atoms with Crippen molar-refractivity contribution in [2.75, 3.05) is 13.2 Å². The summed E-state index contributed by atoms with van der Waals surface area (Å²) < 4.78 is 62.2. The van der Waals surface area contributed by atoms with Gasteiger partial charge in [-0.15, -0.1) is 10.2 Å². The molecule has 0 atom stereocenters. The number of carbonyl (C=O) groups excluding carboxylic acids is 1. The van der Waals surface area contributed by atoms with Crippen LogP contribution in [0.2, 0.25) is 10.3 Å². The average Bonchev–Trinajstić information content (AvgIpc) is 3.99. The van der Waals surface area contributed by atoms with E-state index in [1.54, 1.807) is 30.6 Å². The number of amides is 1. The molecule has 6 aromatic rings. The Bertz CT molecular complexity index is 2850. The van der Waals surface area contributed by atoms with Crippen LogP contribution in [-0.4, -0.2) is 86.8 Å². The quantitative estimate of drug-likeness (QED) is 0.0861. The van der Waals surface area contributed by atoms with E-state index in [0.717, 1.165) is 12.8 Å². The number of phenols is 2. The molecule has 332 valence electrons. The second-order valence-electron chi connectivity index (χ2n) is 15.2. The van der Waals surface area contributed by atoms with Gasteiger partial charge in [0.2, 0.25) is 21.8 Å². The summed E-state index contributed by atoms with van der Waals surface area (Å²) in [6.45, 7) is 5.57. The van der Waals surface area contributed by atoms with Crippen LogP contribution in [0.25, 0.3) is 11.6 Å². The topological polar surface area (TPSA) is 281 Å². The van der Waals surface area contributed by atoms with Crippen LogP contribution in [0.1, 0.15) is 60.2 Å². The van der Waals surface area contributed by atoms with E-state index in [1.807, 2.05) is 4.72 Å². The third kappa shape index (κ3) is 12.7. The number of hydrogen-bond acceptors (Lipinski definition) is 14. The van der Waals surface area contributed by atoms with Crippen LogP contribution in [0.3, 0.4) is 0 Å². The van der Waals surface area contributed by atoms with Gasteiger partial charge in [-0.1, -0.05) is 37.0 Å². The zero-order valence-electron chi connectivity index (χ0n) is 33.4. The molecule has 19 nitrogen and oxygen atoms in total. The van der Waals surface area contributed by atoms with Crippen LogP contribution in [-0.2, 0) is 20.0 Å². The van der Waals surface area contributed by atoms with Crippen molar-refractivity contribution in [3.63, 3.8) is 0 Å². The van der Waals surface area contributed by atoms with Gasteiger partial charge in [0.05, 0.1) is 34.1 Å². The molecule has 0 bridgehead atoms. The van der Waals surface area contributed by atoms with Crippen LogP contribution < -0.4 is 19.3 Å². The first-order valence-corrected chi connectivity index (χ1v) is 22.5. The standard InChI is InChI=1S/C20H19ClN4O5S.C14H14ClN3O3.C6H7NO3S/c1-20(9-10-20)12-30-17-8-11-25(23-17)16-7-6-15(18(21)22-16)19(27)24-31(28,29)14-4-2-13(26)3-5-14;1-14(5-6-14)8-21-11-4-7-18(17-11)10-3-2-9(13(19)20)12(15)16-10;7-11(9,10)6-3-1-5(8)2-4-6/h2-8,11,26H,9-10,12H2,1H3,(H,24,27);2-4,7H,5-6,8H2,1H3,(H,19,20);1-4,8H,(H2,7,9,10). The number of rotatable bonds is 13. The van der Waals surface area contributed by atoms with E-state index >= 15 is 0 Å². The summed E-state index contributed by atoms with van der Waals surface area (Å²) in [5.41, 5.74) is 0.360. The van der Waals surface area contributed by atoms with E-state index < -0.39 is 31.9 Å². The fourth-order valence-electron chi connectivity index (χ4n) is 5.17. The van der Waals surface area contributed by atoms with Gasteiger partial charge in [0.25, 0.3) is 15.9 Å². The number of carboxylic acids is 1. The van der Waals surface area contributed by atoms with Crippen molar-refractivity contribution in [2.24, 2.45) is 16.0 Å². The average molecular weight is 944 g/mol. The Morgan fingerprint density at radius 2 is 1.10 bits per heavy atom. The number of aromatic carboxylic acids is 1. The number of primary sulfonamides is 1. The van der Waals surface area contributed by atoms with Crippen molar-refractivity contribution in [3.05, 3.63) is 119 Å². The van der Waals surface area contributed by atoms with Gasteiger partial charge in [-0.25, -0.2) is 50.8 Å². The van der Waals surface area contributed by atoms with Gasteiger partial charge in [0.1, 0.15) is 21.8 Å². The molecule has 63 heavy (non-hydrogen) atoms. The Hall–Kier alpha value is -6.26. The molecular formula is C40H40Cl2N8O11S2. The molecule has 2 aliphatic carbocycles. The molecule has 1 amide bonds. The summed E-state index contributed by atoms with van der Waals surface area (Å²) in [4.78, 5) is 31.3. The Balaban J connectivity index is 0.000000177.